The summed E-state index contributed by atoms with van der Waals surface area (Å²) in [6, 6.07) is 14.3. The van der Waals surface area contributed by atoms with E-state index in [1.54, 1.807) is 23.9 Å². The van der Waals surface area contributed by atoms with Crippen molar-refractivity contribution in [1.29, 1.82) is 0 Å². The molecule has 0 N–H and O–H groups in total. The van der Waals surface area contributed by atoms with Crippen molar-refractivity contribution >= 4 is 11.8 Å². The van der Waals surface area contributed by atoms with Gasteiger partial charge in [-0.2, -0.15) is 4.98 Å². The summed E-state index contributed by atoms with van der Waals surface area (Å²) in [6.45, 7) is 2.06. The van der Waals surface area contributed by atoms with Gasteiger partial charge < -0.3 is 4.52 Å². The van der Waals surface area contributed by atoms with Gasteiger partial charge in [0.05, 0.1) is 5.75 Å². The average molecular weight is 300 g/mol. The van der Waals surface area contributed by atoms with Crippen molar-refractivity contribution in [2.24, 2.45) is 0 Å². The van der Waals surface area contributed by atoms with Gasteiger partial charge in [-0.1, -0.05) is 22.9 Å². The van der Waals surface area contributed by atoms with E-state index in [1.807, 2.05) is 6.07 Å². The number of aryl methyl sites for hydroxylation is 1. The summed E-state index contributed by atoms with van der Waals surface area (Å²) in [5.41, 5.74) is 1.96. The van der Waals surface area contributed by atoms with E-state index in [0.717, 1.165) is 10.5 Å². The van der Waals surface area contributed by atoms with E-state index in [-0.39, 0.29) is 5.82 Å². The van der Waals surface area contributed by atoms with Crippen LogP contribution < -0.4 is 0 Å². The Morgan fingerprint density at radius 1 is 1.14 bits per heavy atom. The zero-order valence-corrected chi connectivity index (χ0v) is 12.2. The largest absolute Gasteiger partial charge is 0.338 e. The lowest BCUT2D eigenvalue weighted by Crippen LogP contribution is -1.83. The summed E-state index contributed by atoms with van der Waals surface area (Å²) in [5, 5.41) is 3.92. The molecule has 0 atom stereocenters. The molecule has 0 bridgehead atoms. The number of hydrogen-bond donors (Lipinski definition) is 0. The van der Waals surface area contributed by atoms with Crippen LogP contribution in [0.4, 0.5) is 4.39 Å². The number of rotatable bonds is 4. The summed E-state index contributed by atoms with van der Waals surface area (Å²) in [5.74, 6) is 1.37. The number of thioether (sulfide) groups is 1. The molecule has 0 amide bonds. The van der Waals surface area contributed by atoms with Gasteiger partial charge in [0.25, 0.3) is 0 Å². The first-order chi connectivity index (χ1) is 10.2. The molecule has 3 nitrogen and oxygen atoms in total. The van der Waals surface area contributed by atoms with Gasteiger partial charge in [0.1, 0.15) is 5.82 Å². The summed E-state index contributed by atoms with van der Waals surface area (Å²) >= 11 is 1.64. The van der Waals surface area contributed by atoms with Gasteiger partial charge in [-0.25, -0.2) is 4.39 Å². The molecule has 3 rings (SSSR count). The summed E-state index contributed by atoms with van der Waals surface area (Å²) in [4.78, 5) is 5.49. The van der Waals surface area contributed by atoms with E-state index in [1.165, 1.54) is 17.7 Å². The SMILES string of the molecule is Cc1cccc(SCc2nc(-c3ccc(F)cc3)no2)c1. The van der Waals surface area contributed by atoms with Crippen LogP contribution in [-0.4, -0.2) is 10.1 Å². The van der Waals surface area contributed by atoms with Crippen LogP contribution in [0.15, 0.2) is 57.9 Å². The van der Waals surface area contributed by atoms with Crippen molar-refractivity contribution in [3.63, 3.8) is 0 Å². The predicted molar refractivity (Wildman–Crippen MR) is 80.4 cm³/mol. The monoisotopic (exact) mass is 300 g/mol. The Morgan fingerprint density at radius 3 is 2.71 bits per heavy atom. The van der Waals surface area contributed by atoms with Crippen LogP contribution in [0.1, 0.15) is 11.5 Å². The first kappa shape index (κ1) is 13.8. The first-order valence-corrected chi connectivity index (χ1v) is 7.47. The minimum atomic E-state index is -0.280. The quantitative estimate of drug-likeness (QED) is 0.666. The number of nitrogens with zero attached hydrogens (tertiary/aromatic N) is 2. The Kier molecular flexibility index (Phi) is 4.01. The highest BCUT2D eigenvalue weighted by atomic mass is 32.2. The minimum Gasteiger partial charge on any atom is -0.338 e. The maximum Gasteiger partial charge on any atom is 0.237 e. The Hall–Kier alpha value is -2.14. The topological polar surface area (TPSA) is 38.9 Å². The van der Waals surface area contributed by atoms with Crippen molar-refractivity contribution in [1.82, 2.24) is 10.1 Å². The zero-order chi connectivity index (χ0) is 14.7. The predicted octanol–water partition coefficient (Wildman–Crippen LogP) is 4.48. The van der Waals surface area contributed by atoms with Crippen molar-refractivity contribution < 1.29 is 8.91 Å². The first-order valence-electron chi connectivity index (χ1n) is 6.49. The third-order valence-electron chi connectivity index (χ3n) is 2.92. The molecule has 0 radical (unpaired) electrons. The average Bonchev–Trinajstić information content (AvgIpc) is 2.95. The van der Waals surface area contributed by atoms with Crippen molar-refractivity contribution in [2.45, 2.75) is 17.6 Å². The van der Waals surface area contributed by atoms with E-state index in [2.05, 4.69) is 35.3 Å². The molecule has 106 valence electrons. The molecule has 0 spiro atoms. The molecule has 1 aromatic heterocycles. The van der Waals surface area contributed by atoms with Gasteiger partial charge >= 0.3 is 0 Å². The molecule has 0 unspecified atom stereocenters. The fourth-order valence-electron chi connectivity index (χ4n) is 1.88. The van der Waals surface area contributed by atoms with Crippen molar-refractivity contribution in [3.8, 4) is 11.4 Å². The van der Waals surface area contributed by atoms with Crippen LogP contribution in [0, 0.1) is 12.7 Å². The highest BCUT2D eigenvalue weighted by molar-refractivity contribution is 7.98. The number of benzene rings is 2. The molecule has 0 saturated carbocycles. The molecule has 0 aliphatic carbocycles. The van der Waals surface area contributed by atoms with Gasteiger partial charge in [-0.05, 0) is 43.3 Å². The molecule has 2 aromatic carbocycles. The maximum absolute atomic E-state index is 12.9. The van der Waals surface area contributed by atoms with E-state index < -0.39 is 0 Å². The summed E-state index contributed by atoms with van der Waals surface area (Å²) in [7, 11) is 0. The minimum absolute atomic E-state index is 0.280. The second-order valence-corrected chi connectivity index (χ2v) is 5.67. The van der Waals surface area contributed by atoms with E-state index in [4.69, 9.17) is 4.52 Å². The van der Waals surface area contributed by atoms with Crippen LogP contribution in [0.2, 0.25) is 0 Å². The highest BCUT2D eigenvalue weighted by Crippen LogP contribution is 2.24. The van der Waals surface area contributed by atoms with Crippen LogP contribution in [-0.2, 0) is 5.75 Å². The lowest BCUT2D eigenvalue weighted by molar-refractivity contribution is 0.391. The number of halogens is 1. The Morgan fingerprint density at radius 2 is 1.95 bits per heavy atom. The van der Waals surface area contributed by atoms with E-state index in [9.17, 15) is 4.39 Å². The fourth-order valence-corrected chi connectivity index (χ4v) is 2.73. The molecular formula is C16H13FN2OS. The van der Waals surface area contributed by atoms with E-state index in [0.29, 0.717) is 17.5 Å². The van der Waals surface area contributed by atoms with Crippen LogP contribution >= 0.6 is 11.8 Å². The lowest BCUT2D eigenvalue weighted by atomic mass is 10.2. The molecule has 3 aromatic rings. The lowest BCUT2D eigenvalue weighted by Gasteiger charge is -1.99. The molecule has 1 heterocycles. The van der Waals surface area contributed by atoms with E-state index >= 15 is 0 Å². The third-order valence-corrected chi connectivity index (χ3v) is 3.90. The van der Waals surface area contributed by atoms with Gasteiger partial charge in [-0.3, -0.25) is 0 Å². The molecule has 0 aliphatic heterocycles. The summed E-state index contributed by atoms with van der Waals surface area (Å²) in [6.07, 6.45) is 0. The van der Waals surface area contributed by atoms with Crippen molar-refractivity contribution in [3.05, 3.63) is 65.8 Å². The zero-order valence-electron chi connectivity index (χ0n) is 11.4. The smallest absolute Gasteiger partial charge is 0.237 e. The molecule has 0 fully saturated rings. The molecule has 0 saturated heterocycles. The van der Waals surface area contributed by atoms with Gasteiger partial charge in [0, 0.05) is 10.5 Å². The Labute approximate surface area is 126 Å². The molecule has 21 heavy (non-hydrogen) atoms. The fraction of sp³-hybridized carbons (Fsp3) is 0.125. The van der Waals surface area contributed by atoms with Gasteiger partial charge in [0.15, 0.2) is 0 Å². The number of aromatic nitrogens is 2. The number of hydrogen-bond acceptors (Lipinski definition) is 4. The van der Waals surface area contributed by atoms with Crippen molar-refractivity contribution in [2.75, 3.05) is 0 Å². The third kappa shape index (κ3) is 3.49. The Balaban J connectivity index is 1.69. The second-order valence-electron chi connectivity index (χ2n) is 4.62. The van der Waals surface area contributed by atoms with Crippen LogP contribution in [0.3, 0.4) is 0 Å². The van der Waals surface area contributed by atoms with Gasteiger partial charge in [0.2, 0.25) is 11.7 Å². The Bertz CT molecular complexity index is 740. The molecule has 0 aliphatic rings. The standard InChI is InChI=1S/C16H13FN2OS/c1-11-3-2-4-14(9-11)21-10-15-18-16(19-20-15)12-5-7-13(17)8-6-12/h2-9H,10H2,1H3. The van der Waals surface area contributed by atoms with Crippen LogP contribution in [0.5, 0.6) is 0 Å². The van der Waals surface area contributed by atoms with Gasteiger partial charge in [-0.15, -0.1) is 11.8 Å². The summed E-state index contributed by atoms with van der Waals surface area (Å²) < 4.78 is 18.1. The maximum atomic E-state index is 12.9. The highest BCUT2D eigenvalue weighted by Gasteiger charge is 2.09. The normalized spacial score (nSPS) is 10.8. The van der Waals surface area contributed by atoms with Crippen LogP contribution in [0.25, 0.3) is 11.4 Å². The molecular weight excluding hydrogens is 287 g/mol. The molecule has 5 heteroatoms. The second kappa shape index (κ2) is 6.10.